The summed E-state index contributed by atoms with van der Waals surface area (Å²) in [5.74, 6) is 0.244. The van der Waals surface area contributed by atoms with Crippen LogP contribution in [-0.2, 0) is 10.0 Å². The van der Waals surface area contributed by atoms with Gasteiger partial charge in [-0.2, -0.15) is 0 Å². The average Bonchev–Trinajstić information content (AvgIpc) is 2.96. The van der Waals surface area contributed by atoms with Gasteiger partial charge in [0.05, 0.1) is 0 Å². The third-order valence-corrected chi connectivity index (χ3v) is 4.80. The molecular formula is C15H16FN3O2S. The molecule has 1 aromatic carbocycles. The molecule has 1 saturated heterocycles. The van der Waals surface area contributed by atoms with E-state index in [1.165, 1.54) is 18.2 Å². The molecule has 0 bridgehead atoms. The normalized spacial score (nSPS) is 18.6. The fourth-order valence-electron chi connectivity index (χ4n) is 2.83. The Labute approximate surface area is 128 Å². The summed E-state index contributed by atoms with van der Waals surface area (Å²) >= 11 is 0. The molecular weight excluding hydrogens is 305 g/mol. The Bertz CT molecular complexity index is 795. The summed E-state index contributed by atoms with van der Waals surface area (Å²) in [6.07, 6.45) is 2.35. The van der Waals surface area contributed by atoms with Crippen molar-refractivity contribution < 1.29 is 12.8 Å². The number of rotatable bonds is 3. The van der Waals surface area contributed by atoms with Crippen LogP contribution in [0.4, 0.5) is 10.2 Å². The molecule has 2 aromatic rings. The number of sulfonamides is 1. The maximum atomic E-state index is 13.3. The van der Waals surface area contributed by atoms with Crippen LogP contribution in [-0.4, -0.2) is 26.5 Å². The van der Waals surface area contributed by atoms with E-state index in [-0.39, 0.29) is 16.6 Å². The lowest BCUT2D eigenvalue weighted by Crippen LogP contribution is -2.25. The Morgan fingerprint density at radius 1 is 1.27 bits per heavy atom. The third-order valence-electron chi connectivity index (χ3n) is 3.87. The molecule has 2 N–H and O–H groups in total. The lowest BCUT2D eigenvalue weighted by atomic mass is 9.98. The number of nitrogens with two attached hydrogens (primary N) is 1. The highest BCUT2D eigenvalue weighted by Crippen LogP contribution is 2.32. The topological polar surface area (TPSA) is 76.3 Å². The van der Waals surface area contributed by atoms with E-state index in [2.05, 4.69) is 4.98 Å². The number of pyridine rings is 1. The van der Waals surface area contributed by atoms with Crippen molar-refractivity contribution in [1.29, 1.82) is 0 Å². The Kier molecular flexibility index (Phi) is 3.84. The molecule has 0 radical (unpaired) electrons. The second kappa shape index (κ2) is 5.66. The van der Waals surface area contributed by atoms with E-state index in [1.54, 1.807) is 18.3 Å². The number of benzene rings is 1. The van der Waals surface area contributed by atoms with Gasteiger partial charge in [-0.3, -0.25) is 0 Å². The van der Waals surface area contributed by atoms with E-state index < -0.39 is 10.0 Å². The molecule has 0 spiro atoms. The van der Waals surface area contributed by atoms with Crippen LogP contribution in [0, 0.1) is 5.82 Å². The number of hydrogen-bond acceptors (Lipinski definition) is 4. The van der Waals surface area contributed by atoms with Crippen LogP contribution in [0.25, 0.3) is 0 Å². The molecule has 7 heteroatoms. The minimum atomic E-state index is -3.82. The van der Waals surface area contributed by atoms with Crippen molar-refractivity contribution in [2.45, 2.75) is 17.2 Å². The molecule has 116 valence electrons. The van der Waals surface area contributed by atoms with E-state index in [9.17, 15) is 12.8 Å². The summed E-state index contributed by atoms with van der Waals surface area (Å²) in [5.41, 5.74) is 0.913. The molecule has 22 heavy (non-hydrogen) atoms. The zero-order valence-electron chi connectivity index (χ0n) is 11.8. The Morgan fingerprint density at radius 2 is 2.09 bits per heavy atom. The summed E-state index contributed by atoms with van der Waals surface area (Å²) in [6, 6.07) is 9.50. The van der Waals surface area contributed by atoms with Gasteiger partial charge < -0.3 is 4.90 Å². The first-order valence-corrected chi connectivity index (χ1v) is 8.48. The third kappa shape index (κ3) is 2.95. The molecule has 1 fully saturated rings. The SMILES string of the molecule is NS(=O)(=O)c1cccnc1N1CC[C@@H](c2cccc(F)c2)C1. The van der Waals surface area contributed by atoms with E-state index >= 15 is 0 Å². The van der Waals surface area contributed by atoms with Crippen LogP contribution in [0.2, 0.25) is 0 Å². The fraction of sp³-hybridized carbons (Fsp3) is 0.267. The summed E-state index contributed by atoms with van der Waals surface area (Å²) in [5, 5.41) is 5.25. The van der Waals surface area contributed by atoms with E-state index in [1.807, 2.05) is 11.0 Å². The minimum absolute atomic E-state index is 0.0230. The molecule has 2 heterocycles. The highest BCUT2D eigenvalue weighted by Gasteiger charge is 2.28. The van der Waals surface area contributed by atoms with Gasteiger partial charge in [-0.25, -0.2) is 22.9 Å². The smallest absolute Gasteiger partial charge is 0.241 e. The molecule has 1 aliphatic heterocycles. The van der Waals surface area contributed by atoms with Crippen molar-refractivity contribution in [2.75, 3.05) is 18.0 Å². The highest BCUT2D eigenvalue weighted by molar-refractivity contribution is 7.89. The summed E-state index contributed by atoms with van der Waals surface area (Å²) in [4.78, 5) is 6.07. The first kappa shape index (κ1) is 14.9. The van der Waals surface area contributed by atoms with Crippen LogP contribution in [0.15, 0.2) is 47.5 Å². The Hall–Kier alpha value is -1.99. The van der Waals surface area contributed by atoms with E-state index in [0.29, 0.717) is 18.9 Å². The highest BCUT2D eigenvalue weighted by atomic mass is 32.2. The zero-order valence-corrected chi connectivity index (χ0v) is 12.6. The molecule has 3 rings (SSSR count). The monoisotopic (exact) mass is 321 g/mol. The standard InChI is InChI=1S/C15H16FN3O2S/c16-13-4-1-3-11(9-13)12-6-8-19(10-12)15-14(22(17,20)21)5-2-7-18-15/h1-5,7,9,12H,6,8,10H2,(H2,17,20,21)/t12-/m1/s1. The van der Waals surface area contributed by atoms with E-state index in [4.69, 9.17) is 5.14 Å². The first-order chi connectivity index (χ1) is 10.4. The van der Waals surface area contributed by atoms with Crippen molar-refractivity contribution in [2.24, 2.45) is 5.14 Å². The van der Waals surface area contributed by atoms with Crippen molar-refractivity contribution >= 4 is 15.8 Å². The quantitative estimate of drug-likeness (QED) is 0.936. The number of hydrogen-bond donors (Lipinski definition) is 1. The van der Waals surface area contributed by atoms with Crippen LogP contribution < -0.4 is 10.0 Å². The molecule has 0 saturated carbocycles. The number of halogens is 1. The molecule has 1 atom stereocenters. The summed E-state index contributed by atoms with van der Waals surface area (Å²) in [6.45, 7) is 1.24. The predicted octanol–water partition coefficient (Wildman–Crippen LogP) is 1.86. The van der Waals surface area contributed by atoms with Gasteiger partial charge in [-0.05, 0) is 36.2 Å². The number of anilines is 1. The van der Waals surface area contributed by atoms with Crippen molar-refractivity contribution in [3.63, 3.8) is 0 Å². The van der Waals surface area contributed by atoms with Crippen LogP contribution >= 0.6 is 0 Å². The number of aromatic nitrogens is 1. The molecule has 0 amide bonds. The van der Waals surface area contributed by atoms with Gasteiger partial charge >= 0.3 is 0 Å². The lowest BCUT2D eigenvalue weighted by Gasteiger charge is -2.19. The maximum Gasteiger partial charge on any atom is 0.241 e. The Morgan fingerprint density at radius 3 is 2.82 bits per heavy atom. The first-order valence-electron chi connectivity index (χ1n) is 6.93. The largest absolute Gasteiger partial charge is 0.355 e. The van der Waals surface area contributed by atoms with Crippen molar-refractivity contribution in [3.05, 3.63) is 54.0 Å². The van der Waals surface area contributed by atoms with Gasteiger partial charge in [0.25, 0.3) is 0 Å². The lowest BCUT2D eigenvalue weighted by molar-refractivity contribution is 0.597. The minimum Gasteiger partial charge on any atom is -0.355 e. The van der Waals surface area contributed by atoms with Gasteiger partial charge in [0, 0.05) is 25.2 Å². The molecule has 0 aliphatic carbocycles. The second-order valence-electron chi connectivity index (χ2n) is 5.36. The number of primary sulfonamides is 1. The summed E-state index contributed by atoms with van der Waals surface area (Å²) < 4.78 is 36.7. The van der Waals surface area contributed by atoms with Crippen molar-refractivity contribution in [3.8, 4) is 0 Å². The zero-order chi connectivity index (χ0) is 15.7. The number of nitrogens with zero attached hydrogens (tertiary/aromatic N) is 2. The molecule has 1 aliphatic rings. The molecule has 5 nitrogen and oxygen atoms in total. The average molecular weight is 321 g/mol. The van der Waals surface area contributed by atoms with Crippen LogP contribution in [0.3, 0.4) is 0 Å². The Balaban J connectivity index is 1.88. The van der Waals surface area contributed by atoms with Gasteiger partial charge in [-0.1, -0.05) is 12.1 Å². The fourth-order valence-corrected chi connectivity index (χ4v) is 3.53. The summed E-state index contributed by atoms with van der Waals surface area (Å²) in [7, 11) is -3.82. The van der Waals surface area contributed by atoms with Crippen LogP contribution in [0.1, 0.15) is 17.9 Å². The maximum absolute atomic E-state index is 13.3. The molecule has 0 unspecified atom stereocenters. The molecule has 1 aromatic heterocycles. The van der Waals surface area contributed by atoms with Crippen LogP contribution in [0.5, 0.6) is 0 Å². The van der Waals surface area contributed by atoms with Gasteiger partial charge in [0.2, 0.25) is 10.0 Å². The van der Waals surface area contributed by atoms with Crippen molar-refractivity contribution in [1.82, 2.24) is 4.98 Å². The van der Waals surface area contributed by atoms with Gasteiger partial charge in [0.15, 0.2) is 0 Å². The predicted molar refractivity (Wildman–Crippen MR) is 81.6 cm³/mol. The van der Waals surface area contributed by atoms with Gasteiger partial charge in [-0.15, -0.1) is 0 Å². The van der Waals surface area contributed by atoms with Gasteiger partial charge in [0.1, 0.15) is 16.5 Å². The van der Waals surface area contributed by atoms with E-state index in [0.717, 1.165) is 12.0 Å². The second-order valence-corrected chi connectivity index (χ2v) is 6.89.